The van der Waals surface area contributed by atoms with Gasteiger partial charge in [0, 0.05) is 6.54 Å². The minimum absolute atomic E-state index is 0.000868. The highest BCUT2D eigenvalue weighted by Crippen LogP contribution is 2.60. The van der Waals surface area contributed by atoms with Crippen LogP contribution in [0, 0.1) is 23.2 Å². The molecule has 1 N–H and O–H groups in total. The van der Waals surface area contributed by atoms with Crippen LogP contribution in [-0.2, 0) is 13.2 Å². The van der Waals surface area contributed by atoms with Crippen LogP contribution in [0.1, 0.15) is 44.2 Å². The topological polar surface area (TPSA) is 50.9 Å². The van der Waals surface area contributed by atoms with Crippen LogP contribution in [0.25, 0.3) is 0 Å². The number of rotatable bonds is 3. The number of hydrogen-bond donors (Lipinski definition) is 1. The molecule has 0 amide bonds. The number of aliphatic hydroxyl groups is 1. The Balaban J connectivity index is 1.56. The molecule has 4 nitrogen and oxygen atoms in total. The van der Waals surface area contributed by atoms with E-state index in [2.05, 4.69) is 10.3 Å². The first-order valence-corrected chi connectivity index (χ1v) is 7.24. The van der Waals surface area contributed by atoms with Crippen LogP contribution in [0.4, 0.5) is 0 Å². The lowest BCUT2D eigenvalue weighted by atomic mass is 9.49. The molecule has 1 aromatic heterocycles. The van der Waals surface area contributed by atoms with Crippen molar-refractivity contribution in [2.45, 2.75) is 51.7 Å². The van der Waals surface area contributed by atoms with E-state index < -0.39 is 0 Å². The molecule has 5 rings (SSSR count). The molecule has 0 aromatic carbocycles. The van der Waals surface area contributed by atoms with Gasteiger partial charge in [-0.2, -0.15) is 0 Å². The first-order valence-electron chi connectivity index (χ1n) is 7.24. The molecule has 98 valence electrons. The van der Waals surface area contributed by atoms with Crippen LogP contribution in [0.3, 0.4) is 0 Å². The van der Waals surface area contributed by atoms with Crippen molar-refractivity contribution in [3.8, 4) is 0 Å². The zero-order valence-electron chi connectivity index (χ0n) is 10.8. The molecule has 0 saturated heterocycles. The van der Waals surface area contributed by atoms with Gasteiger partial charge in [-0.3, -0.25) is 4.68 Å². The predicted octanol–water partition coefficient (Wildman–Crippen LogP) is 1.99. The van der Waals surface area contributed by atoms with E-state index in [0.717, 1.165) is 24.3 Å². The minimum Gasteiger partial charge on any atom is -0.390 e. The summed E-state index contributed by atoms with van der Waals surface area (Å²) in [7, 11) is 0. The number of nitrogens with zero attached hydrogens (tertiary/aromatic N) is 3. The summed E-state index contributed by atoms with van der Waals surface area (Å²) in [6.45, 7) is 1.02. The largest absolute Gasteiger partial charge is 0.390 e. The summed E-state index contributed by atoms with van der Waals surface area (Å²) < 4.78 is 1.97. The number of hydrogen-bond acceptors (Lipinski definition) is 3. The first-order chi connectivity index (χ1) is 8.75. The highest BCUT2D eigenvalue weighted by atomic mass is 16.3. The molecule has 0 spiro atoms. The molecule has 0 atom stereocenters. The molecule has 4 heteroatoms. The first kappa shape index (κ1) is 11.0. The molecule has 1 heterocycles. The van der Waals surface area contributed by atoms with Crippen LogP contribution < -0.4 is 0 Å². The summed E-state index contributed by atoms with van der Waals surface area (Å²) in [5.74, 6) is 2.95. The summed E-state index contributed by atoms with van der Waals surface area (Å²) >= 11 is 0. The van der Waals surface area contributed by atoms with Crippen LogP contribution in [0.15, 0.2) is 6.20 Å². The molecule has 1 aromatic rings. The molecular formula is C14H21N3O. The van der Waals surface area contributed by atoms with Gasteiger partial charge in [0.1, 0.15) is 5.69 Å². The summed E-state index contributed by atoms with van der Waals surface area (Å²) in [6.07, 6.45) is 10.6. The van der Waals surface area contributed by atoms with Crippen molar-refractivity contribution in [1.82, 2.24) is 15.0 Å². The van der Waals surface area contributed by atoms with Crippen LogP contribution >= 0.6 is 0 Å². The Morgan fingerprint density at radius 1 is 1.17 bits per heavy atom. The van der Waals surface area contributed by atoms with Gasteiger partial charge in [0.15, 0.2) is 0 Å². The van der Waals surface area contributed by atoms with Gasteiger partial charge in [0.25, 0.3) is 0 Å². The third-order valence-electron chi connectivity index (χ3n) is 5.41. The fourth-order valence-electron chi connectivity index (χ4n) is 5.32. The summed E-state index contributed by atoms with van der Waals surface area (Å²) in [5.41, 5.74) is 1.19. The Kier molecular flexibility index (Phi) is 2.31. The van der Waals surface area contributed by atoms with Crippen molar-refractivity contribution < 1.29 is 5.11 Å². The average Bonchev–Trinajstić information content (AvgIpc) is 2.74. The quantitative estimate of drug-likeness (QED) is 0.888. The fraction of sp³-hybridized carbons (Fsp3) is 0.857. The smallest absolute Gasteiger partial charge is 0.108 e. The average molecular weight is 247 g/mol. The van der Waals surface area contributed by atoms with Crippen LogP contribution in [0.5, 0.6) is 0 Å². The summed E-state index contributed by atoms with van der Waals surface area (Å²) in [4.78, 5) is 0. The SMILES string of the molecule is OCc1cn(CC23CC4CC(CC(C4)C2)C3)nn1. The Morgan fingerprint density at radius 3 is 2.28 bits per heavy atom. The van der Waals surface area contributed by atoms with Crippen molar-refractivity contribution in [3.05, 3.63) is 11.9 Å². The lowest BCUT2D eigenvalue weighted by Crippen LogP contribution is -2.48. The molecule has 4 fully saturated rings. The second-order valence-electron chi connectivity index (χ2n) is 6.98. The molecule has 4 bridgehead atoms. The van der Waals surface area contributed by atoms with E-state index in [1.54, 1.807) is 0 Å². The van der Waals surface area contributed by atoms with E-state index >= 15 is 0 Å². The second kappa shape index (κ2) is 3.80. The van der Waals surface area contributed by atoms with Crippen molar-refractivity contribution in [3.63, 3.8) is 0 Å². The Bertz CT molecular complexity index is 418. The van der Waals surface area contributed by atoms with Crippen molar-refractivity contribution in [1.29, 1.82) is 0 Å². The van der Waals surface area contributed by atoms with E-state index in [9.17, 15) is 0 Å². The lowest BCUT2D eigenvalue weighted by Gasteiger charge is -2.56. The lowest BCUT2D eigenvalue weighted by molar-refractivity contribution is -0.0637. The number of aliphatic hydroxyl groups excluding tert-OH is 1. The maximum Gasteiger partial charge on any atom is 0.108 e. The summed E-state index contributed by atoms with van der Waals surface area (Å²) in [6, 6.07) is 0. The minimum atomic E-state index is 0.000868. The maximum absolute atomic E-state index is 9.06. The van der Waals surface area contributed by atoms with Crippen molar-refractivity contribution in [2.24, 2.45) is 23.2 Å². The Hall–Kier alpha value is -0.900. The second-order valence-corrected chi connectivity index (χ2v) is 6.98. The number of aromatic nitrogens is 3. The molecule has 0 unspecified atom stereocenters. The van der Waals surface area contributed by atoms with Gasteiger partial charge in [0.05, 0.1) is 12.8 Å². The molecule has 18 heavy (non-hydrogen) atoms. The summed E-state index contributed by atoms with van der Waals surface area (Å²) in [5, 5.41) is 17.2. The molecular weight excluding hydrogens is 226 g/mol. The van der Waals surface area contributed by atoms with E-state index in [-0.39, 0.29) is 6.61 Å². The van der Waals surface area contributed by atoms with Gasteiger partial charge in [0.2, 0.25) is 0 Å². The van der Waals surface area contributed by atoms with E-state index in [0.29, 0.717) is 11.1 Å². The van der Waals surface area contributed by atoms with Gasteiger partial charge in [-0.1, -0.05) is 5.21 Å². The van der Waals surface area contributed by atoms with Crippen molar-refractivity contribution in [2.75, 3.05) is 0 Å². The highest BCUT2D eigenvalue weighted by Gasteiger charge is 2.50. The van der Waals surface area contributed by atoms with Gasteiger partial charge >= 0.3 is 0 Å². The zero-order valence-corrected chi connectivity index (χ0v) is 10.8. The van der Waals surface area contributed by atoms with Gasteiger partial charge < -0.3 is 5.11 Å². The van der Waals surface area contributed by atoms with Crippen LogP contribution in [0.2, 0.25) is 0 Å². The van der Waals surface area contributed by atoms with Gasteiger partial charge in [-0.15, -0.1) is 5.10 Å². The standard InChI is InChI=1S/C14H21N3O/c18-8-13-7-17(16-15-13)9-14-4-10-1-11(5-14)3-12(2-10)6-14/h7,10-12,18H,1-6,8-9H2. The normalized spacial score (nSPS) is 41.5. The van der Waals surface area contributed by atoms with Gasteiger partial charge in [-0.25, -0.2) is 0 Å². The predicted molar refractivity (Wildman–Crippen MR) is 66.5 cm³/mol. The monoisotopic (exact) mass is 247 g/mol. The molecule has 0 radical (unpaired) electrons. The third-order valence-corrected chi connectivity index (χ3v) is 5.41. The molecule has 4 aliphatic rings. The highest BCUT2D eigenvalue weighted by molar-refractivity contribution is 5.02. The van der Waals surface area contributed by atoms with Crippen molar-refractivity contribution >= 4 is 0 Å². The molecule has 0 aliphatic heterocycles. The van der Waals surface area contributed by atoms with E-state index in [1.807, 2.05) is 10.9 Å². The zero-order chi connectivity index (χ0) is 12.2. The molecule has 4 saturated carbocycles. The van der Waals surface area contributed by atoms with Crippen LogP contribution in [-0.4, -0.2) is 20.1 Å². The molecule has 4 aliphatic carbocycles. The Morgan fingerprint density at radius 2 is 1.78 bits per heavy atom. The van der Waals surface area contributed by atoms with E-state index in [4.69, 9.17) is 5.11 Å². The fourth-order valence-corrected chi connectivity index (χ4v) is 5.32. The third kappa shape index (κ3) is 1.69. The maximum atomic E-state index is 9.06. The Labute approximate surface area is 107 Å². The van der Waals surface area contributed by atoms with E-state index in [1.165, 1.54) is 38.5 Å². The van der Waals surface area contributed by atoms with Gasteiger partial charge in [-0.05, 0) is 61.7 Å².